The topological polar surface area (TPSA) is 68.2 Å². The zero-order chi connectivity index (χ0) is 13.8. The summed E-state index contributed by atoms with van der Waals surface area (Å²) < 4.78 is 7.19. The zero-order valence-electron chi connectivity index (χ0n) is 11.0. The van der Waals surface area contributed by atoms with Crippen LogP contribution in [0.4, 0.5) is 5.69 Å². The molecule has 1 aromatic carbocycles. The van der Waals surface area contributed by atoms with Gasteiger partial charge < -0.3 is 15.4 Å². The Hall–Kier alpha value is -2.34. The van der Waals surface area contributed by atoms with E-state index in [1.807, 2.05) is 18.2 Å². The highest BCUT2D eigenvalue weighted by Gasteiger charge is 2.10. The summed E-state index contributed by atoms with van der Waals surface area (Å²) in [5.74, 6) is 0.774. The molecule has 6 nitrogen and oxygen atoms in total. The maximum atomic E-state index is 11.9. The first-order valence-electron chi connectivity index (χ1n) is 6.55. The summed E-state index contributed by atoms with van der Waals surface area (Å²) in [6.45, 7) is 2.45. The van der Waals surface area contributed by atoms with E-state index in [-0.39, 0.29) is 12.5 Å². The molecule has 6 heteroatoms. The number of amides is 1. The highest BCUT2D eigenvalue weighted by molar-refractivity contribution is 5.90. The predicted molar refractivity (Wildman–Crippen MR) is 74.5 cm³/mol. The fourth-order valence-electron chi connectivity index (χ4n) is 2.13. The molecular weight excluding hydrogens is 256 g/mol. The summed E-state index contributed by atoms with van der Waals surface area (Å²) in [5.41, 5.74) is 1.83. The minimum atomic E-state index is -0.101. The molecule has 1 aliphatic rings. The maximum absolute atomic E-state index is 11.9. The summed E-state index contributed by atoms with van der Waals surface area (Å²) in [7, 11) is 0. The van der Waals surface area contributed by atoms with Gasteiger partial charge in [0.1, 0.15) is 18.9 Å². The fourth-order valence-corrected chi connectivity index (χ4v) is 2.13. The molecule has 1 aromatic heterocycles. The van der Waals surface area contributed by atoms with Gasteiger partial charge in [0.05, 0.1) is 0 Å². The predicted octanol–water partition coefficient (Wildman–Crippen LogP) is 1.00. The molecule has 0 saturated carbocycles. The molecule has 2 aromatic rings. The van der Waals surface area contributed by atoms with E-state index in [9.17, 15) is 4.79 Å². The number of rotatable bonds is 3. The minimum Gasteiger partial charge on any atom is -0.492 e. The summed E-state index contributed by atoms with van der Waals surface area (Å²) in [6.07, 6.45) is 3.41. The van der Waals surface area contributed by atoms with Crippen LogP contribution in [0.1, 0.15) is 5.56 Å². The number of ether oxygens (including phenoxy) is 1. The highest BCUT2D eigenvalue weighted by Crippen LogP contribution is 2.24. The van der Waals surface area contributed by atoms with Crippen LogP contribution in [0.5, 0.6) is 5.75 Å². The normalized spacial score (nSPS) is 14.0. The van der Waals surface area contributed by atoms with Gasteiger partial charge in [0.15, 0.2) is 0 Å². The Bertz CT molecular complexity index is 595. The van der Waals surface area contributed by atoms with E-state index in [2.05, 4.69) is 15.7 Å². The van der Waals surface area contributed by atoms with E-state index in [0.717, 1.165) is 30.1 Å². The third kappa shape index (κ3) is 2.97. The maximum Gasteiger partial charge on any atom is 0.246 e. The molecule has 0 aliphatic carbocycles. The Balaban J connectivity index is 1.68. The lowest BCUT2D eigenvalue weighted by atomic mass is 10.1. The number of fused-ring (bicyclic) bond motifs is 1. The van der Waals surface area contributed by atoms with Gasteiger partial charge in [0, 0.05) is 36.7 Å². The van der Waals surface area contributed by atoms with E-state index in [1.165, 1.54) is 0 Å². The molecule has 0 atom stereocenters. The first-order valence-corrected chi connectivity index (χ1v) is 6.55. The molecule has 0 fully saturated rings. The summed E-state index contributed by atoms with van der Waals surface area (Å²) in [5, 5.41) is 10.1. The van der Waals surface area contributed by atoms with Crippen molar-refractivity contribution in [2.75, 3.05) is 18.5 Å². The molecule has 1 aliphatic heterocycles. The van der Waals surface area contributed by atoms with Gasteiger partial charge in [-0.05, 0) is 24.3 Å². The molecule has 3 rings (SSSR count). The number of hydrogen-bond donors (Lipinski definition) is 2. The van der Waals surface area contributed by atoms with Crippen molar-refractivity contribution in [2.24, 2.45) is 0 Å². The van der Waals surface area contributed by atoms with E-state index in [4.69, 9.17) is 4.74 Å². The highest BCUT2D eigenvalue weighted by atomic mass is 16.5. The van der Waals surface area contributed by atoms with Crippen molar-refractivity contribution in [1.82, 2.24) is 15.1 Å². The van der Waals surface area contributed by atoms with Gasteiger partial charge in [0.2, 0.25) is 5.91 Å². The van der Waals surface area contributed by atoms with Crippen molar-refractivity contribution in [2.45, 2.75) is 13.1 Å². The number of carbonyl (C=O) groups is 1. The van der Waals surface area contributed by atoms with Crippen LogP contribution in [0.2, 0.25) is 0 Å². The number of carbonyl (C=O) groups excluding carboxylic acids is 1. The van der Waals surface area contributed by atoms with E-state index in [0.29, 0.717) is 6.61 Å². The van der Waals surface area contributed by atoms with Crippen molar-refractivity contribution < 1.29 is 9.53 Å². The molecule has 0 bridgehead atoms. The van der Waals surface area contributed by atoms with Crippen molar-refractivity contribution in [3.63, 3.8) is 0 Å². The molecule has 0 radical (unpaired) electrons. The Morgan fingerprint density at radius 1 is 1.50 bits per heavy atom. The Morgan fingerprint density at radius 3 is 3.30 bits per heavy atom. The molecule has 2 N–H and O–H groups in total. The van der Waals surface area contributed by atoms with Gasteiger partial charge in [-0.3, -0.25) is 9.48 Å². The van der Waals surface area contributed by atoms with Crippen LogP contribution in [-0.4, -0.2) is 28.8 Å². The largest absolute Gasteiger partial charge is 0.492 e. The Kier molecular flexibility index (Phi) is 3.64. The minimum absolute atomic E-state index is 0.101. The second-order valence-corrected chi connectivity index (χ2v) is 4.60. The van der Waals surface area contributed by atoms with Crippen LogP contribution in [0.15, 0.2) is 36.7 Å². The SMILES string of the molecule is O=C(Cn1cccn1)Nc1ccc2c(c1)CNCCO2. The van der Waals surface area contributed by atoms with Crippen molar-refractivity contribution in [3.05, 3.63) is 42.2 Å². The summed E-state index contributed by atoms with van der Waals surface area (Å²) in [6, 6.07) is 7.48. The lowest BCUT2D eigenvalue weighted by Crippen LogP contribution is -2.19. The molecule has 0 spiro atoms. The van der Waals surface area contributed by atoms with Gasteiger partial charge in [-0.25, -0.2) is 0 Å². The van der Waals surface area contributed by atoms with Crippen molar-refractivity contribution >= 4 is 11.6 Å². The average molecular weight is 272 g/mol. The third-order valence-electron chi connectivity index (χ3n) is 3.06. The molecule has 0 saturated heterocycles. The number of nitrogens with one attached hydrogen (secondary N) is 2. The molecular formula is C14H16N4O2. The third-order valence-corrected chi connectivity index (χ3v) is 3.06. The van der Waals surface area contributed by atoms with Crippen LogP contribution in [0.25, 0.3) is 0 Å². The van der Waals surface area contributed by atoms with Gasteiger partial charge >= 0.3 is 0 Å². The van der Waals surface area contributed by atoms with Gasteiger partial charge in [-0.1, -0.05) is 0 Å². The number of anilines is 1. The standard InChI is InChI=1S/C14H16N4O2/c19-14(10-18-6-1-4-16-18)17-12-2-3-13-11(8-12)9-15-5-7-20-13/h1-4,6,8,15H,5,7,9-10H2,(H,17,19). The van der Waals surface area contributed by atoms with Crippen molar-refractivity contribution in [1.29, 1.82) is 0 Å². The molecule has 104 valence electrons. The molecule has 0 unspecified atom stereocenters. The lowest BCUT2D eigenvalue weighted by molar-refractivity contribution is -0.116. The van der Waals surface area contributed by atoms with Crippen LogP contribution in [0.3, 0.4) is 0 Å². The van der Waals surface area contributed by atoms with E-state index >= 15 is 0 Å². The van der Waals surface area contributed by atoms with Crippen LogP contribution in [-0.2, 0) is 17.9 Å². The van der Waals surface area contributed by atoms with Gasteiger partial charge in [-0.2, -0.15) is 5.10 Å². The quantitative estimate of drug-likeness (QED) is 0.875. The smallest absolute Gasteiger partial charge is 0.246 e. The lowest BCUT2D eigenvalue weighted by Gasteiger charge is -2.10. The molecule has 20 heavy (non-hydrogen) atoms. The Morgan fingerprint density at radius 2 is 2.45 bits per heavy atom. The second-order valence-electron chi connectivity index (χ2n) is 4.60. The Labute approximate surface area is 116 Å². The average Bonchev–Trinajstić information content (AvgIpc) is 2.82. The number of benzene rings is 1. The summed E-state index contributed by atoms with van der Waals surface area (Å²) in [4.78, 5) is 11.9. The van der Waals surface area contributed by atoms with Gasteiger partial charge in [-0.15, -0.1) is 0 Å². The van der Waals surface area contributed by atoms with E-state index in [1.54, 1.807) is 23.1 Å². The number of hydrogen-bond acceptors (Lipinski definition) is 4. The van der Waals surface area contributed by atoms with Gasteiger partial charge in [0.25, 0.3) is 0 Å². The monoisotopic (exact) mass is 272 g/mol. The zero-order valence-corrected chi connectivity index (χ0v) is 11.0. The number of nitrogens with zero attached hydrogens (tertiary/aromatic N) is 2. The number of aromatic nitrogens is 2. The molecule has 1 amide bonds. The fraction of sp³-hybridized carbons (Fsp3) is 0.286. The summed E-state index contributed by atoms with van der Waals surface area (Å²) >= 11 is 0. The van der Waals surface area contributed by atoms with Crippen LogP contribution >= 0.6 is 0 Å². The second kappa shape index (κ2) is 5.75. The van der Waals surface area contributed by atoms with Crippen molar-refractivity contribution in [3.8, 4) is 5.75 Å². The molecule has 2 heterocycles. The van der Waals surface area contributed by atoms with E-state index < -0.39 is 0 Å². The first-order chi connectivity index (χ1) is 9.81. The van der Waals surface area contributed by atoms with Crippen LogP contribution in [0, 0.1) is 0 Å². The first kappa shape index (κ1) is 12.7. The van der Waals surface area contributed by atoms with Crippen LogP contribution < -0.4 is 15.4 Å².